The van der Waals surface area contributed by atoms with E-state index in [0.717, 1.165) is 24.2 Å². The van der Waals surface area contributed by atoms with Gasteiger partial charge in [-0.25, -0.2) is 0 Å². The minimum Gasteiger partial charge on any atom is -0.372 e. The van der Waals surface area contributed by atoms with Gasteiger partial charge in [0.1, 0.15) is 0 Å². The van der Waals surface area contributed by atoms with Crippen molar-refractivity contribution in [3.05, 3.63) is 74.0 Å². The first-order chi connectivity index (χ1) is 13.6. The molecule has 0 fully saturated rings. The molecule has 5 nitrogen and oxygen atoms in total. The molecule has 0 amide bonds. The van der Waals surface area contributed by atoms with Gasteiger partial charge in [-0.2, -0.15) is 9.50 Å². The van der Waals surface area contributed by atoms with E-state index in [4.69, 9.17) is 11.6 Å². The van der Waals surface area contributed by atoms with Crippen molar-refractivity contribution in [2.45, 2.75) is 13.8 Å². The number of halogens is 1. The molecule has 0 saturated heterocycles. The lowest BCUT2D eigenvalue weighted by Gasteiger charge is -2.20. The molecule has 28 heavy (non-hydrogen) atoms. The molecule has 2 aromatic heterocycles. The van der Waals surface area contributed by atoms with Crippen molar-refractivity contribution in [2.24, 2.45) is 0 Å². The zero-order valence-corrected chi connectivity index (χ0v) is 17.2. The van der Waals surface area contributed by atoms with Gasteiger partial charge in [0.25, 0.3) is 5.56 Å². The van der Waals surface area contributed by atoms with Crippen LogP contribution in [0.5, 0.6) is 0 Å². The minimum absolute atomic E-state index is 0.152. The Morgan fingerprint density at radius 3 is 2.36 bits per heavy atom. The number of rotatable bonds is 5. The maximum atomic E-state index is 12.7. The second-order valence-corrected chi connectivity index (χ2v) is 7.76. The van der Waals surface area contributed by atoms with Crippen molar-refractivity contribution >= 4 is 39.7 Å². The van der Waals surface area contributed by atoms with Gasteiger partial charge in [-0.3, -0.25) is 4.79 Å². The van der Waals surface area contributed by atoms with Crippen molar-refractivity contribution in [3.63, 3.8) is 0 Å². The molecule has 0 bridgehead atoms. The standard InChI is InChI=1S/C21H19ClN4OS/c1-3-25(4-2)17-11-5-14(6-12-17)13-18-20(27)26-21(28-18)23-19(24-26)15-7-9-16(22)10-8-15/h5-13H,3-4H2,1-2H3. The molecule has 0 N–H and O–H groups in total. The van der Waals surface area contributed by atoms with Crippen LogP contribution in [0.15, 0.2) is 53.3 Å². The molecule has 0 radical (unpaired) electrons. The number of benzene rings is 2. The first-order valence-electron chi connectivity index (χ1n) is 9.11. The Morgan fingerprint density at radius 2 is 1.75 bits per heavy atom. The third kappa shape index (κ3) is 3.53. The average molecular weight is 411 g/mol. The smallest absolute Gasteiger partial charge is 0.291 e. The fraction of sp³-hybridized carbons (Fsp3) is 0.190. The van der Waals surface area contributed by atoms with Crippen molar-refractivity contribution in [1.82, 2.24) is 14.6 Å². The van der Waals surface area contributed by atoms with Gasteiger partial charge in [0.15, 0.2) is 5.82 Å². The van der Waals surface area contributed by atoms with Gasteiger partial charge in [-0.1, -0.05) is 35.1 Å². The minimum atomic E-state index is -0.152. The van der Waals surface area contributed by atoms with Crippen LogP contribution >= 0.6 is 22.9 Å². The van der Waals surface area contributed by atoms with Crippen LogP contribution in [-0.2, 0) is 0 Å². The predicted molar refractivity (Wildman–Crippen MR) is 116 cm³/mol. The molecule has 0 unspecified atom stereocenters. The normalized spacial score (nSPS) is 12.0. The number of nitrogens with zero attached hydrogens (tertiary/aromatic N) is 4. The molecular formula is C21H19ClN4OS. The van der Waals surface area contributed by atoms with Gasteiger partial charge >= 0.3 is 0 Å². The quantitative estimate of drug-likeness (QED) is 0.501. The summed E-state index contributed by atoms with van der Waals surface area (Å²) in [6.45, 7) is 6.21. The summed E-state index contributed by atoms with van der Waals surface area (Å²) >= 11 is 7.26. The fourth-order valence-corrected chi connectivity index (χ4v) is 4.11. The van der Waals surface area contributed by atoms with E-state index in [2.05, 4.69) is 41.0 Å². The molecule has 0 aliphatic carbocycles. The number of anilines is 1. The molecule has 0 atom stereocenters. The van der Waals surface area contributed by atoms with Gasteiger partial charge < -0.3 is 4.90 Å². The summed E-state index contributed by atoms with van der Waals surface area (Å²) in [5.41, 5.74) is 2.84. The SMILES string of the molecule is CCN(CC)c1ccc(C=c2sc3nc(-c4ccc(Cl)cc4)nn3c2=O)cc1. The highest BCUT2D eigenvalue weighted by molar-refractivity contribution is 7.15. The number of hydrogen-bond acceptors (Lipinski definition) is 5. The zero-order valence-electron chi connectivity index (χ0n) is 15.6. The lowest BCUT2D eigenvalue weighted by atomic mass is 10.2. The molecule has 0 saturated carbocycles. The van der Waals surface area contributed by atoms with Crippen LogP contribution in [0, 0.1) is 0 Å². The van der Waals surface area contributed by atoms with Gasteiger partial charge in [0, 0.05) is 29.4 Å². The van der Waals surface area contributed by atoms with Crippen LogP contribution in [-0.4, -0.2) is 27.7 Å². The molecule has 2 aromatic carbocycles. The first kappa shape index (κ1) is 18.7. The van der Waals surface area contributed by atoms with Crippen molar-refractivity contribution < 1.29 is 0 Å². The van der Waals surface area contributed by atoms with E-state index in [-0.39, 0.29) is 5.56 Å². The van der Waals surface area contributed by atoms with E-state index in [1.807, 2.05) is 30.3 Å². The summed E-state index contributed by atoms with van der Waals surface area (Å²) in [6.07, 6.45) is 1.89. The van der Waals surface area contributed by atoms with Gasteiger partial charge in [-0.05, 0) is 61.9 Å². The highest BCUT2D eigenvalue weighted by atomic mass is 35.5. The molecular weight excluding hydrogens is 392 g/mol. The highest BCUT2D eigenvalue weighted by Crippen LogP contribution is 2.19. The maximum absolute atomic E-state index is 12.7. The summed E-state index contributed by atoms with van der Waals surface area (Å²) in [5, 5.41) is 5.02. The summed E-state index contributed by atoms with van der Waals surface area (Å²) in [7, 11) is 0. The molecule has 4 aromatic rings. The number of fused-ring (bicyclic) bond motifs is 1. The molecule has 0 spiro atoms. The highest BCUT2D eigenvalue weighted by Gasteiger charge is 2.12. The van der Waals surface area contributed by atoms with Crippen LogP contribution in [0.4, 0.5) is 5.69 Å². The van der Waals surface area contributed by atoms with Crippen LogP contribution in [0.2, 0.25) is 5.02 Å². The predicted octanol–water partition coefficient (Wildman–Crippen LogP) is 3.87. The lowest BCUT2D eigenvalue weighted by molar-refractivity contribution is 0.866. The van der Waals surface area contributed by atoms with Crippen molar-refractivity contribution in [3.8, 4) is 11.4 Å². The van der Waals surface area contributed by atoms with Crippen LogP contribution < -0.4 is 15.0 Å². The van der Waals surface area contributed by atoms with Gasteiger partial charge in [0.05, 0.1) is 4.53 Å². The number of hydrogen-bond donors (Lipinski definition) is 0. The summed E-state index contributed by atoms with van der Waals surface area (Å²) in [6, 6.07) is 15.5. The molecule has 142 valence electrons. The molecule has 0 aliphatic heterocycles. The largest absolute Gasteiger partial charge is 0.372 e. The van der Waals surface area contributed by atoms with Crippen LogP contribution in [0.25, 0.3) is 22.4 Å². The third-order valence-corrected chi connectivity index (χ3v) is 5.81. The van der Waals surface area contributed by atoms with Gasteiger partial charge in [-0.15, -0.1) is 5.10 Å². The van der Waals surface area contributed by atoms with E-state index in [0.29, 0.717) is 20.3 Å². The van der Waals surface area contributed by atoms with E-state index < -0.39 is 0 Å². The second-order valence-electron chi connectivity index (χ2n) is 6.32. The van der Waals surface area contributed by atoms with Crippen LogP contribution in [0.1, 0.15) is 19.4 Å². The Morgan fingerprint density at radius 1 is 1.07 bits per heavy atom. The average Bonchev–Trinajstić information content (AvgIpc) is 3.24. The summed E-state index contributed by atoms with van der Waals surface area (Å²) in [5.74, 6) is 0.523. The fourth-order valence-electron chi connectivity index (χ4n) is 3.08. The molecule has 2 heterocycles. The van der Waals surface area contributed by atoms with Crippen molar-refractivity contribution in [2.75, 3.05) is 18.0 Å². The Balaban J connectivity index is 1.68. The number of thiazole rings is 1. The van der Waals surface area contributed by atoms with Crippen molar-refractivity contribution in [1.29, 1.82) is 0 Å². The third-order valence-electron chi connectivity index (χ3n) is 4.60. The summed E-state index contributed by atoms with van der Waals surface area (Å²) in [4.78, 5) is 20.1. The second kappa shape index (κ2) is 7.73. The van der Waals surface area contributed by atoms with E-state index in [1.54, 1.807) is 12.1 Å². The van der Waals surface area contributed by atoms with E-state index in [1.165, 1.54) is 21.5 Å². The molecule has 4 rings (SSSR count). The van der Waals surface area contributed by atoms with Crippen LogP contribution in [0.3, 0.4) is 0 Å². The maximum Gasteiger partial charge on any atom is 0.291 e. The zero-order chi connectivity index (χ0) is 19.7. The van der Waals surface area contributed by atoms with E-state index >= 15 is 0 Å². The number of aromatic nitrogens is 3. The molecule has 0 aliphatic rings. The first-order valence-corrected chi connectivity index (χ1v) is 10.3. The topological polar surface area (TPSA) is 50.5 Å². The molecule has 7 heteroatoms. The Kier molecular flexibility index (Phi) is 5.15. The van der Waals surface area contributed by atoms with Gasteiger partial charge in [0.2, 0.25) is 4.96 Å². The Labute approximate surface area is 171 Å². The Bertz CT molecular complexity index is 1210. The summed E-state index contributed by atoms with van der Waals surface area (Å²) < 4.78 is 1.98. The van der Waals surface area contributed by atoms with E-state index in [9.17, 15) is 4.79 Å². The Hall–Kier alpha value is -2.70. The lowest BCUT2D eigenvalue weighted by Crippen LogP contribution is -2.23. The monoisotopic (exact) mass is 410 g/mol.